The van der Waals surface area contributed by atoms with Crippen LogP contribution in [0.5, 0.6) is 0 Å². The molecule has 1 aliphatic heterocycles. The van der Waals surface area contributed by atoms with E-state index in [1.807, 2.05) is 0 Å². The third-order valence-corrected chi connectivity index (χ3v) is 6.48. The Bertz CT molecular complexity index is 443. The highest BCUT2D eigenvalue weighted by atomic mass is 32.2. The van der Waals surface area contributed by atoms with Crippen molar-refractivity contribution in [3.8, 4) is 0 Å². The molecule has 116 valence electrons. The fourth-order valence-electron chi connectivity index (χ4n) is 3.41. The van der Waals surface area contributed by atoms with Crippen LogP contribution in [0.25, 0.3) is 0 Å². The zero-order valence-corrected chi connectivity index (χ0v) is 13.1. The summed E-state index contributed by atoms with van der Waals surface area (Å²) in [5, 5.41) is 0. The van der Waals surface area contributed by atoms with Gasteiger partial charge in [-0.1, -0.05) is 32.1 Å². The number of amides is 1. The lowest BCUT2D eigenvalue weighted by Gasteiger charge is -2.29. The molecule has 0 aromatic heterocycles. The third-order valence-electron chi connectivity index (χ3n) is 4.73. The van der Waals surface area contributed by atoms with E-state index in [2.05, 4.69) is 0 Å². The van der Waals surface area contributed by atoms with Crippen molar-refractivity contribution < 1.29 is 13.2 Å². The third kappa shape index (κ3) is 3.95. The first-order valence-electron chi connectivity index (χ1n) is 7.62. The first-order valence-corrected chi connectivity index (χ1v) is 9.44. The van der Waals surface area contributed by atoms with E-state index in [-0.39, 0.29) is 23.5 Å². The summed E-state index contributed by atoms with van der Waals surface area (Å²) in [7, 11) is -1.27. The van der Waals surface area contributed by atoms with Gasteiger partial charge in [0.1, 0.15) is 0 Å². The van der Waals surface area contributed by atoms with Gasteiger partial charge in [0.2, 0.25) is 5.91 Å². The van der Waals surface area contributed by atoms with E-state index in [4.69, 9.17) is 5.73 Å². The van der Waals surface area contributed by atoms with Crippen molar-refractivity contribution in [3.05, 3.63) is 0 Å². The van der Waals surface area contributed by atoms with Gasteiger partial charge in [-0.2, -0.15) is 0 Å². The maximum absolute atomic E-state index is 12.3. The molecule has 2 rings (SSSR count). The summed E-state index contributed by atoms with van der Waals surface area (Å²) in [4.78, 5) is 13.9. The molecule has 2 N–H and O–H groups in total. The smallest absolute Gasteiger partial charge is 0.239 e. The first-order chi connectivity index (χ1) is 9.39. The van der Waals surface area contributed by atoms with Crippen molar-refractivity contribution in [1.82, 2.24) is 4.90 Å². The lowest BCUT2D eigenvalue weighted by molar-refractivity contribution is -0.133. The zero-order chi connectivity index (χ0) is 14.8. The topological polar surface area (TPSA) is 80.5 Å². The first kappa shape index (κ1) is 15.8. The van der Waals surface area contributed by atoms with Gasteiger partial charge in [-0.25, -0.2) is 8.42 Å². The van der Waals surface area contributed by atoms with Crippen molar-refractivity contribution in [1.29, 1.82) is 0 Å². The summed E-state index contributed by atoms with van der Waals surface area (Å²) in [6.07, 6.45) is 7.39. The molecule has 1 saturated heterocycles. The molecular formula is C14H26N2O3S. The van der Waals surface area contributed by atoms with E-state index >= 15 is 0 Å². The average Bonchev–Trinajstić information content (AvgIpc) is 2.78. The Balaban J connectivity index is 1.86. The minimum Gasteiger partial charge on any atom is -0.340 e. The van der Waals surface area contributed by atoms with Crippen LogP contribution < -0.4 is 5.73 Å². The van der Waals surface area contributed by atoms with Gasteiger partial charge in [-0.05, 0) is 18.8 Å². The maximum Gasteiger partial charge on any atom is 0.239 e. The highest BCUT2D eigenvalue weighted by molar-refractivity contribution is 7.91. The van der Waals surface area contributed by atoms with Crippen LogP contribution in [0.2, 0.25) is 0 Å². The minimum absolute atomic E-state index is 0.0887. The maximum atomic E-state index is 12.3. The van der Waals surface area contributed by atoms with Gasteiger partial charge in [-0.3, -0.25) is 4.79 Å². The van der Waals surface area contributed by atoms with Crippen LogP contribution in [0.3, 0.4) is 0 Å². The number of nitrogens with zero attached hydrogens (tertiary/aromatic N) is 1. The van der Waals surface area contributed by atoms with Gasteiger partial charge in [-0.15, -0.1) is 0 Å². The molecule has 1 amide bonds. The van der Waals surface area contributed by atoms with E-state index in [1.54, 1.807) is 11.9 Å². The largest absolute Gasteiger partial charge is 0.340 e. The number of likely N-dealkylation sites (N-methyl/N-ethyl adjacent to an activating group) is 1. The quantitative estimate of drug-likeness (QED) is 0.837. The van der Waals surface area contributed by atoms with E-state index in [0.29, 0.717) is 12.3 Å². The number of carbonyl (C=O) groups excluding carboxylic acids is 1. The molecular weight excluding hydrogens is 276 g/mol. The Morgan fingerprint density at radius 3 is 2.45 bits per heavy atom. The summed E-state index contributed by atoms with van der Waals surface area (Å²) in [5.41, 5.74) is 6.04. The van der Waals surface area contributed by atoms with Gasteiger partial charge in [0.15, 0.2) is 9.84 Å². The Labute approximate surface area is 121 Å². The van der Waals surface area contributed by atoms with Crippen LogP contribution in [0.4, 0.5) is 0 Å². The molecule has 2 unspecified atom stereocenters. The number of sulfone groups is 1. The second-order valence-corrected chi connectivity index (χ2v) is 8.58. The summed E-state index contributed by atoms with van der Waals surface area (Å²) < 4.78 is 23.0. The van der Waals surface area contributed by atoms with E-state index in [9.17, 15) is 13.2 Å². The van der Waals surface area contributed by atoms with Gasteiger partial charge in [0.05, 0.1) is 17.5 Å². The molecule has 6 heteroatoms. The van der Waals surface area contributed by atoms with E-state index in [1.165, 1.54) is 32.1 Å². The van der Waals surface area contributed by atoms with Crippen molar-refractivity contribution in [3.63, 3.8) is 0 Å². The molecule has 1 saturated carbocycles. The Kier molecular flexibility index (Phi) is 5.07. The molecule has 0 radical (unpaired) electrons. The van der Waals surface area contributed by atoms with Gasteiger partial charge < -0.3 is 10.6 Å². The normalized spacial score (nSPS) is 28.2. The van der Waals surface area contributed by atoms with E-state index in [0.717, 1.165) is 6.42 Å². The van der Waals surface area contributed by atoms with Crippen molar-refractivity contribution >= 4 is 15.7 Å². The van der Waals surface area contributed by atoms with Crippen LogP contribution in [-0.2, 0) is 14.6 Å². The molecule has 0 bridgehead atoms. The van der Waals surface area contributed by atoms with Gasteiger partial charge >= 0.3 is 0 Å². The van der Waals surface area contributed by atoms with Crippen molar-refractivity contribution in [2.24, 2.45) is 11.7 Å². The Morgan fingerprint density at radius 1 is 1.25 bits per heavy atom. The van der Waals surface area contributed by atoms with Crippen LogP contribution in [0.15, 0.2) is 0 Å². The highest BCUT2D eigenvalue weighted by Gasteiger charge is 2.34. The highest BCUT2D eigenvalue weighted by Crippen LogP contribution is 2.27. The second-order valence-electron chi connectivity index (χ2n) is 6.35. The van der Waals surface area contributed by atoms with Crippen LogP contribution in [-0.4, -0.2) is 49.9 Å². The fourth-order valence-corrected chi connectivity index (χ4v) is 5.18. The van der Waals surface area contributed by atoms with Gasteiger partial charge in [0.25, 0.3) is 0 Å². The molecule has 2 aliphatic rings. The minimum atomic E-state index is -2.96. The predicted octanol–water partition coefficient (Wildman–Crippen LogP) is 0.930. The molecule has 1 aliphatic carbocycles. The van der Waals surface area contributed by atoms with Crippen molar-refractivity contribution in [2.45, 2.75) is 57.0 Å². The summed E-state index contributed by atoms with van der Waals surface area (Å²) >= 11 is 0. The number of rotatable bonds is 4. The van der Waals surface area contributed by atoms with Crippen LogP contribution >= 0.6 is 0 Å². The summed E-state index contributed by atoms with van der Waals surface area (Å²) in [6, 6.07) is -0.670. The second kappa shape index (κ2) is 6.43. The predicted molar refractivity (Wildman–Crippen MR) is 79.0 cm³/mol. The SMILES string of the molecule is CN(C(=O)C(N)CC1CCCCC1)C1CCS(=O)(=O)C1. The summed E-state index contributed by atoms with van der Waals surface area (Å²) in [5.74, 6) is 0.736. The monoisotopic (exact) mass is 302 g/mol. The van der Waals surface area contributed by atoms with E-state index < -0.39 is 15.9 Å². The molecule has 2 fully saturated rings. The molecule has 0 spiro atoms. The fraction of sp³-hybridized carbons (Fsp3) is 0.929. The average molecular weight is 302 g/mol. The van der Waals surface area contributed by atoms with Crippen LogP contribution in [0, 0.1) is 5.92 Å². The molecule has 0 aromatic carbocycles. The standard InChI is InChI=1S/C14H26N2O3S/c1-16(12-7-8-20(18,19)10-12)14(17)13(15)9-11-5-3-2-4-6-11/h11-13H,2-10,15H2,1H3. The van der Waals surface area contributed by atoms with Crippen LogP contribution in [0.1, 0.15) is 44.9 Å². The molecule has 5 nitrogen and oxygen atoms in total. The lowest BCUT2D eigenvalue weighted by Crippen LogP contribution is -2.47. The number of hydrogen-bond acceptors (Lipinski definition) is 4. The number of hydrogen-bond donors (Lipinski definition) is 1. The van der Waals surface area contributed by atoms with Crippen molar-refractivity contribution in [2.75, 3.05) is 18.6 Å². The molecule has 2 atom stereocenters. The number of nitrogens with two attached hydrogens (primary N) is 1. The molecule has 20 heavy (non-hydrogen) atoms. The molecule has 1 heterocycles. The summed E-state index contributed by atoms with van der Waals surface area (Å²) in [6.45, 7) is 0. The molecule has 0 aromatic rings. The zero-order valence-electron chi connectivity index (χ0n) is 12.3. The lowest BCUT2D eigenvalue weighted by atomic mass is 9.84. The Hall–Kier alpha value is -0.620. The van der Waals surface area contributed by atoms with Gasteiger partial charge in [0, 0.05) is 13.1 Å². The number of carbonyl (C=O) groups is 1. The Morgan fingerprint density at radius 2 is 1.90 bits per heavy atom.